The van der Waals surface area contributed by atoms with Crippen LogP contribution in [0.3, 0.4) is 0 Å². The van der Waals surface area contributed by atoms with Crippen molar-refractivity contribution in [2.45, 2.75) is 27.2 Å². The lowest BCUT2D eigenvalue weighted by Crippen LogP contribution is -2.36. The average Bonchev–Trinajstić information content (AvgIpc) is 2.22. The van der Waals surface area contributed by atoms with Crippen molar-refractivity contribution in [1.29, 1.82) is 0 Å². The van der Waals surface area contributed by atoms with Crippen LogP contribution in [0.4, 0.5) is 4.39 Å². The predicted molar refractivity (Wildman–Crippen MR) is 72.0 cm³/mol. The minimum atomic E-state index is -0.208. The largest absolute Gasteiger partial charge is 0.319 e. The molecule has 0 spiro atoms. The summed E-state index contributed by atoms with van der Waals surface area (Å²) in [4.78, 5) is 0. The summed E-state index contributed by atoms with van der Waals surface area (Å²) in [7, 11) is 1.93. The van der Waals surface area contributed by atoms with Gasteiger partial charge in [-0.05, 0) is 42.5 Å². The number of rotatable bonds is 5. The van der Waals surface area contributed by atoms with Crippen molar-refractivity contribution in [3.63, 3.8) is 0 Å². The Morgan fingerprint density at radius 2 is 2.06 bits per heavy atom. The number of hydrogen-bond donors (Lipinski definition) is 1. The molecule has 0 aliphatic carbocycles. The molecule has 1 unspecified atom stereocenters. The molecule has 0 bridgehead atoms. The fourth-order valence-corrected chi connectivity index (χ4v) is 2.13. The summed E-state index contributed by atoms with van der Waals surface area (Å²) in [6, 6.07) is 4.92. The van der Waals surface area contributed by atoms with E-state index in [0.717, 1.165) is 12.1 Å². The third-order valence-electron chi connectivity index (χ3n) is 3.58. The van der Waals surface area contributed by atoms with Crippen LogP contribution in [0.25, 0.3) is 0 Å². The first-order valence-corrected chi connectivity index (χ1v) is 6.35. The lowest BCUT2D eigenvalue weighted by Gasteiger charge is -2.34. The molecule has 0 aromatic heterocycles. The Hall–Kier alpha value is -0.600. The first kappa shape index (κ1) is 14.5. The molecule has 0 fully saturated rings. The van der Waals surface area contributed by atoms with Gasteiger partial charge in [-0.2, -0.15) is 0 Å². The average molecular weight is 258 g/mol. The molecule has 0 saturated heterocycles. The Balaban J connectivity index is 2.93. The summed E-state index contributed by atoms with van der Waals surface area (Å²) in [6.45, 7) is 7.39. The zero-order chi connectivity index (χ0) is 13.1. The van der Waals surface area contributed by atoms with Crippen molar-refractivity contribution in [2.75, 3.05) is 13.6 Å². The normalized spacial score (nSPS) is 15.0. The molecule has 0 amide bonds. The van der Waals surface area contributed by atoms with Crippen LogP contribution in [0.5, 0.6) is 0 Å². The molecule has 1 nitrogen and oxygen atoms in total. The van der Waals surface area contributed by atoms with Gasteiger partial charge >= 0.3 is 0 Å². The molecule has 1 N–H and O–H groups in total. The van der Waals surface area contributed by atoms with E-state index in [9.17, 15) is 4.39 Å². The summed E-state index contributed by atoms with van der Waals surface area (Å²) < 4.78 is 13.8. The number of nitrogens with one attached hydrogen (secondary N) is 1. The summed E-state index contributed by atoms with van der Waals surface area (Å²) in [6.07, 6.45) is 0.717. The molecule has 1 aromatic rings. The maximum absolute atomic E-state index is 13.8. The summed E-state index contributed by atoms with van der Waals surface area (Å²) in [5, 5.41) is 3.64. The van der Waals surface area contributed by atoms with E-state index in [1.165, 1.54) is 6.07 Å². The highest BCUT2D eigenvalue weighted by molar-refractivity contribution is 6.30. The Morgan fingerprint density at radius 1 is 1.41 bits per heavy atom. The number of hydrogen-bond acceptors (Lipinski definition) is 1. The molecule has 17 heavy (non-hydrogen) atoms. The van der Waals surface area contributed by atoms with Crippen LogP contribution in [0.2, 0.25) is 5.02 Å². The molecule has 0 aliphatic rings. The third-order valence-corrected chi connectivity index (χ3v) is 3.82. The van der Waals surface area contributed by atoms with Gasteiger partial charge in [-0.1, -0.05) is 38.4 Å². The van der Waals surface area contributed by atoms with Crippen molar-refractivity contribution in [1.82, 2.24) is 5.32 Å². The van der Waals surface area contributed by atoms with Crippen molar-refractivity contribution < 1.29 is 4.39 Å². The van der Waals surface area contributed by atoms with Gasteiger partial charge in [0, 0.05) is 11.6 Å². The fraction of sp³-hybridized carbons (Fsp3) is 0.571. The van der Waals surface area contributed by atoms with Crippen molar-refractivity contribution >= 4 is 11.6 Å². The Labute approximate surface area is 108 Å². The molecular weight excluding hydrogens is 237 g/mol. The van der Waals surface area contributed by atoms with Crippen LogP contribution < -0.4 is 5.32 Å². The van der Waals surface area contributed by atoms with Crippen molar-refractivity contribution in [3.8, 4) is 0 Å². The first-order chi connectivity index (χ1) is 7.89. The van der Waals surface area contributed by atoms with Crippen molar-refractivity contribution in [3.05, 3.63) is 34.6 Å². The van der Waals surface area contributed by atoms with E-state index in [4.69, 9.17) is 11.6 Å². The monoisotopic (exact) mass is 257 g/mol. The van der Waals surface area contributed by atoms with Gasteiger partial charge in [-0.25, -0.2) is 4.39 Å². The van der Waals surface area contributed by atoms with Crippen LogP contribution >= 0.6 is 11.6 Å². The summed E-state index contributed by atoms with van der Waals surface area (Å²) in [5.74, 6) is 0.269. The third kappa shape index (κ3) is 3.68. The Morgan fingerprint density at radius 3 is 2.53 bits per heavy atom. The Kier molecular flexibility index (Phi) is 4.96. The molecular formula is C14H21ClFN. The topological polar surface area (TPSA) is 12.0 Å². The minimum Gasteiger partial charge on any atom is -0.319 e. The molecule has 0 aliphatic heterocycles. The van der Waals surface area contributed by atoms with Gasteiger partial charge < -0.3 is 5.32 Å². The van der Waals surface area contributed by atoms with Gasteiger partial charge in [-0.15, -0.1) is 0 Å². The zero-order valence-electron chi connectivity index (χ0n) is 11.0. The van der Waals surface area contributed by atoms with Crippen LogP contribution in [-0.2, 0) is 6.42 Å². The SMILES string of the molecule is CNCC(C)(Cc1ccc(Cl)cc1F)C(C)C. The summed E-state index contributed by atoms with van der Waals surface area (Å²) >= 11 is 5.76. The molecule has 96 valence electrons. The molecule has 0 heterocycles. The van der Waals surface area contributed by atoms with E-state index in [0.29, 0.717) is 17.4 Å². The van der Waals surface area contributed by atoms with E-state index in [2.05, 4.69) is 26.1 Å². The van der Waals surface area contributed by atoms with Gasteiger partial charge in [-0.3, -0.25) is 0 Å². The van der Waals surface area contributed by atoms with Crippen LogP contribution in [0.15, 0.2) is 18.2 Å². The van der Waals surface area contributed by atoms with E-state index in [1.54, 1.807) is 12.1 Å². The maximum atomic E-state index is 13.8. The Bertz CT molecular complexity index is 378. The molecule has 0 saturated carbocycles. The second-order valence-electron chi connectivity index (χ2n) is 5.25. The molecule has 3 heteroatoms. The number of halogens is 2. The molecule has 1 aromatic carbocycles. The fourth-order valence-electron chi connectivity index (χ4n) is 1.97. The molecule has 0 radical (unpaired) electrons. The lowest BCUT2D eigenvalue weighted by atomic mass is 9.74. The highest BCUT2D eigenvalue weighted by Gasteiger charge is 2.28. The predicted octanol–water partition coefficient (Wildman–Crippen LogP) is 3.90. The number of benzene rings is 1. The van der Waals surface area contributed by atoms with Gasteiger partial charge in [0.1, 0.15) is 5.82 Å². The first-order valence-electron chi connectivity index (χ1n) is 5.97. The standard InChI is InChI=1S/C14H21ClFN/c1-10(2)14(3,9-17-4)8-11-5-6-12(15)7-13(11)16/h5-7,10,17H,8-9H2,1-4H3. The summed E-state index contributed by atoms with van der Waals surface area (Å²) in [5.41, 5.74) is 0.782. The van der Waals surface area contributed by atoms with Gasteiger partial charge in [0.25, 0.3) is 0 Å². The van der Waals surface area contributed by atoms with Crippen LogP contribution in [0, 0.1) is 17.2 Å². The van der Waals surface area contributed by atoms with Gasteiger partial charge in [0.15, 0.2) is 0 Å². The zero-order valence-corrected chi connectivity index (χ0v) is 11.7. The van der Waals surface area contributed by atoms with E-state index in [-0.39, 0.29) is 11.2 Å². The molecule has 1 rings (SSSR count). The maximum Gasteiger partial charge on any atom is 0.127 e. The highest BCUT2D eigenvalue weighted by atomic mass is 35.5. The minimum absolute atomic E-state index is 0.0451. The van der Waals surface area contributed by atoms with E-state index >= 15 is 0 Å². The van der Waals surface area contributed by atoms with Gasteiger partial charge in [0.05, 0.1) is 0 Å². The second kappa shape index (κ2) is 5.83. The second-order valence-corrected chi connectivity index (χ2v) is 5.69. The van der Waals surface area contributed by atoms with E-state index < -0.39 is 0 Å². The lowest BCUT2D eigenvalue weighted by molar-refractivity contribution is 0.210. The smallest absolute Gasteiger partial charge is 0.127 e. The highest BCUT2D eigenvalue weighted by Crippen LogP contribution is 2.32. The van der Waals surface area contributed by atoms with E-state index in [1.807, 2.05) is 7.05 Å². The quantitative estimate of drug-likeness (QED) is 0.844. The van der Waals surface area contributed by atoms with Crippen molar-refractivity contribution in [2.24, 2.45) is 11.3 Å². The molecule has 1 atom stereocenters. The van der Waals surface area contributed by atoms with Gasteiger partial charge in [0.2, 0.25) is 0 Å². The van der Waals surface area contributed by atoms with Crippen LogP contribution in [0.1, 0.15) is 26.3 Å². The van der Waals surface area contributed by atoms with Crippen LogP contribution in [-0.4, -0.2) is 13.6 Å².